The maximum Gasteiger partial charge on any atom is 0.268 e. The molecule has 1 amide bonds. The zero-order valence-corrected chi connectivity index (χ0v) is 8.33. The Morgan fingerprint density at radius 3 is 2.79 bits per heavy atom. The number of amides is 1. The molecule has 0 radical (unpaired) electrons. The molecule has 0 aliphatic heterocycles. The van der Waals surface area contributed by atoms with Gasteiger partial charge < -0.3 is 10.3 Å². The minimum absolute atomic E-state index is 0.0323. The Balaban J connectivity index is 2.53. The van der Waals surface area contributed by atoms with Crippen molar-refractivity contribution in [1.29, 1.82) is 0 Å². The molecule has 0 aliphatic rings. The van der Waals surface area contributed by atoms with E-state index < -0.39 is 6.04 Å². The highest BCUT2D eigenvalue weighted by molar-refractivity contribution is 5.96. The van der Waals surface area contributed by atoms with Crippen molar-refractivity contribution in [2.45, 2.75) is 26.3 Å². The fraction of sp³-hybridized carbons (Fsp3) is 0.400. The lowest BCUT2D eigenvalue weighted by molar-refractivity contribution is -0.120. The summed E-state index contributed by atoms with van der Waals surface area (Å²) in [5.41, 5.74) is 0.473. The van der Waals surface area contributed by atoms with Crippen LogP contribution in [0.1, 0.15) is 30.8 Å². The lowest BCUT2D eigenvalue weighted by Crippen LogP contribution is -2.38. The van der Waals surface area contributed by atoms with Gasteiger partial charge in [-0.1, -0.05) is 6.92 Å². The lowest BCUT2D eigenvalue weighted by Gasteiger charge is -2.10. The van der Waals surface area contributed by atoms with E-state index in [0.29, 0.717) is 12.1 Å². The SMILES string of the molecule is CCC(=O)C(C)NC(=O)c1ccc[nH]1. The van der Waals surface area contributed by atoms with E-state index in [-0.39, 0.29) is 11.7 Å². The molecule has 0 bridgehead atoms. The molecule has 1 heterocycles. The topological polar surface area (TPSA) is 62.0 Å². The standard InChI is InChI=1S/C10H14N2O2/c1-3-9(13)7(2)12-10(14)8-5-4-6-11-8/h4-7,11H,3H2,1-2H3,(H,12,14). The van der Waals surface area contributed by atoms with E-state index in [1.165, 1.54) is 0 Å². The highest BCUT2D eigenvalue weighted by Crippen LogP contribution is 1.96. The highest BCUT2D eigenvalue weighted by atomic mass is 16.2. The third-order valence-corrected chi connectivity index (χ3v) is 2.02. The van der Waals surface area contributed by atoms with Gasteiger partial charge in [0.2, 0.25) is 0 Å². The quantitative estimate of drug-likeness (QED) is 0.754. The van der Waals surface area contributed by atoms with E-state index in [9.17, 15) is 9.59 Å². The van der Waals surface area contributed by atoms with Crippen LogP contribution >= 0.6 is 0 Å². The molecule has 1 aromatic rings. The van der Waals surface area contributed by atoms with Crippen molar-refractivity contribution in [3.63, 3.8) is 0 Å². The Bertz CT molecular complexity index is 317. The second-order valence-corrected chi connectivity index (χ2v) is 3.10. The van der Waals surface area contributed by atoms with Crippen molar-refractivity contribution in [1.82, 2.24) is 10.3 Å². The van der Waals surface area contributed by atoms with Crippen molar-refractivity contribution in [2.24, 2.45) is 0 Å². The molecule has 4 heteroatoms. The first-order valence-corrected chi connectivity index (χ1v) is 4.62. The molecule has 0 spiro atoms. The molecular formula is C10H14N2O2. The normalized spacial score (nSPS) is 12.1. The second-order valence-electron chi connectivity index (χ2n) is 3.10. The number of carbonyl (C=O) groups is 2. The summed E-state index contributed by atoms with van der Waals surface area (Å²) in [4.78, 5) is 25.4. The molecule has 1 unspecified atom stereocenters. The van der Waals surface area contributed by atoms with Crippen LogP contribution in [0.25, 0.3) is 0 Å². The van der Waals surface area contributed by atoms with E-state index in [2.05, 4.69) is 10.3 Å². The van der Waals surface area contributed by atoms with E-state index in [1.54, 1.807) is 32.2 Å². The van der Waals surface area contributed by atoms with E-state index in [4.69, 9.17) is 0 Å². The zero-order valence-electron chi connectivity index (χ0n) is 8.33. The number of rotatable bonds is 4. The van der Waals surface area contributed by atoms with E-state index in [1.807, 2.05) is 0 Å². The molecular weight excluding hydrogens is 180 g/mol. The highest BCUT2D eigenvalue weighted by Gasteiger charge is 2.14. The van der Waals surface area contributed by atoms with Gasteiger partial charge >= 0.3 is 0 Å². The van der Waals surface area contributed by atoms with E-state index in [0.717, 1.165) is 0 Å². The Morgan fingerprint density at radius 1 is 1.57 bits per heavy atom. The first kappa shape index (κ1) is 10.5. The maximum atomic E-state index is 11.4. The van der Waals surface area contributed by atoms with E-state index >= 15 is 0 Å². The molecule has 14 heavy (non-hydrogen) atoms. The van der Waals surface area contributed by atoms with Crippen LogP contribution in [-0.4, -0.2) is 22.7 Å². The van der Waals surface area contributed by atoms with Crippen LogP contribution in [-0.2, 0) is 4.79 Å². The first-order valence-electron chi connectivity index (χ1n) is 4.62. The predicted octanol–water partition coefficient (Wildman–Crippen LogP) is 1.11. The number of hydrogen-bond acceptors (Lipinski definition) is 2. The molecule has 0 saturated carbocycles. The molecule has 0 fully saturated rings. The number of carbonyl (C=O) groups excluding carboxylic acids is 2. The van der Waals surface area contributed by atoms with Crippen LogP contribution in [0.2, 0.25) is 0 Å². The summed E-state index contributed by atoms with van der Waals surface area (Å²) >= 11 is 0. The minimum atomic E-state index is -0.421. The fourth-order valence-corrected chi connectivity index (χ4v) is 1.13. The van der Waals surface area contributed by atoms with Crippen LogP contribution in [0.4, 0.5) is 0 Å². The Hall–Kier alpha value is -1.58. The largest absolute Gasteiger partial charge is 0.357 e. The van der Waals surface area contributed by atoms with Crippen LogP contribution in [0.5, 0.6) is 0 Å². The van der Waals surface area contributed by atoms with Crippen molar-refractivity contribution < 1.29 is 9.59 Å². The minimum Gasteiger partial charge on any atom is -0.357 e. The monoisotopic (exact) mass is 194 g/mol. The third-order valence-electron chi connectivity index (χ3n) is 2.02. The maximum absolute atomic E-state index is 11.4. The summed E-state index contributed by atoms with van der Waals surface area (Å²) in [6, 6.07) is 2.98. The number of nitrogens with one attached hydrogen (secondary N) is 2. The fourth-order valence-electron chi connectivity index (χ4n) is 1.13. The summed E-state index contributed by atoms with van der Waals surface area (Å²) < 4.78 is 0. The van der Waals surface area contributed by atoms with Crippen LogP contribution in [0.15, 0.2) is 18.3 Å². The van der Waals surface area contributed by atoms with Gasteiger partial charge in [0.05, 0.1) is 6.04 Å². The molecule has 0 saturated heterocycles. The average Bonchev–Trinajstić information content (AvgIpc) is 2.69. The number of Topliss-reactive ketones (excluding diaryl/α,β-unsaturated/α-hetero) is 1. The third kappa shape index (κ3) is 2.45. The van der Waals surface area contributed by atoms with Gasteiger partial charge in [0.25, 0.3) is 5.91 Å². The molecule has 0 aliphatic carbocycles. The summed E-state index contributed by atoms with van der Waals surface area (Å²) in [6.45, 7) is 3.46. The van der Waals surface area contributed by atoms with Crippen molar-refractivity contribution >= 4 is 11.7 Å². The van der Waals surface area contributed by atoms with Crippen molar-refractivity contribution in [3.05, 3.63) is 24.0 Å². The predicted molar refractivity (Wildman–Crippen MR) is 53.0 cm³/mol. The number of aromatic nitrogens is 1. The molecule has 0 aromatic carbocycles. The number of aromatic amines is 1. The van der Waals surface area contributed by atoms with Crippen molar-refractivity contribution in [2.75, 3.05) is 0 Å². The summed E-state index contributed by atoms with van der Waals surface area (Å²) in [6.07, 6.45) is 2.10. The lowest BCUT2D eigenvalue weighted by atomic mass is 10.1. The summed E-state index contributed by atoms with van der Waals surface area (Å²) in [5.74, 6) is -0.214. The van der Waals surface area contributed by atoms with Gasteiger partial charge in [-0.15, -0.1) is 0 Å². The zero-order chi connectivity index (χ0) is 10.6. The van der Waals surface area contributed by atoms with Crippen LogP contribution in [0.3, 0.4) is 0 Å². The first-order chi connectivity index (χ1) is 6.65. The second kappa shape index (κ2) is 4.60. The van der Waals surface area contributed by atoms with Gasteiger partial charge in [-0.2, -0.15) is 0 Å². The molecule has 1 atom stereocenters. The summed E-state index contributed by atoms with van der Waals surface area (Å²) in [7, 11) is 0. The van der Waals surface area contributed by atoms with Gasteiger partial charge in [0.1, 0.15) is 5.69 Å². The smallest absolute Gasteiger partial charge is 0.268 e. The average molecular weight is 194 g/mol. The number of H-pyrrole nitrogens is 1. The molecule has 2 N–H and O–H groups in total. The van der Waals surface area contributed by atoms with Gasteiger partial charge in [-0.05, 0) is 19.1 Å². The summed E-state index contributed by atoms with van der Waals surface area (Å²) in [5, 5.41) is 2.61. The van der Waals surface area contributed by atoms with Crippen LogP contribution < -0.4 is 5.32 Å². The van der Waals surface area contributed by atoms with Gasteiger partial charge in [-0.25, -0.2) is 0 Å². The molecule has 1 aromatic heterocycles. The Morgan fingerprint density at radius 2 is 2.29 bits per heavy atom. The molecule has 4 nitrogen and oxygen atoms in total. The molecule has 1 rings (SSSR count). The van der Waals surface area contributed by atoms with Crippen molar-refractivity contribution in [3.8, 4) is 0 Å². The van der Waals surface area contributed by atoms with Gasteiger partial charge in [0.15, 0.2) is 5.78 Å². The number of ketones is 1. The van der Waals surface area contributed by atoms with Gasteiger partial charge in [-0.3, -0.25) is 9.59 Å². The Kier molecular flexibility index (Phi) is 3.45. The molecule has 76 valence electrons. The Labute approximate surface area is 82.7 Å². The number of hydrogen-bond donors (Lipinski definition) is 2. The van der Waals surface area contributed by atoms with Gasteiger partial charge in [0, 0.05) is 12.6 Å². The van der Waals surface area contributed by atoms with Crippen LogP contribution in [0, 0.1) is 0 Å².